The van der Waals surface area contributed by atoms with Gasteiger partial charge >= 0.3 is 12.0 Å². The van der Waals surface area contributed by atoms with Gasteiger partial charge < -0.3 is 15.7 Å². The van der Waals surface area contributed by atoms with Crippen LogP contribution >= 0.6 is 0 Å². The molecule has 1 fully saturated rings. The first-order chi connectivity index (χ1) is 8.93. The molecule has 0 atom stereocenters. The van der Waals surface area contributed by atoms with Crippen molar-refractivity contribution < 1.29 is 19.1 Å². The van der Waals surface area contributed by atoms with E-state index in [0.717, 1.165) is 5.56 Å². The number of anilines is 1. The van der Waals surface area contributed by atoms with Gasteiger partial charge in [-0.1, -0.05) is 6.07 Å². The number of carboxylic acid groups (broad SMARTS) is 1. The number of carbonyl (C=O) groups is 2. The topological polar surface area (TPSA) is 78.4 Å². The number of benzene rings is 1. The van der Waals surface area contributed by atoms with Crippen molar-refractivity contribution in [3.8, 4) is 0 Å². The number of carbonyl (C=O) groups excluding carboxylic acids is 1. The lowest BCUT2D eigenvalue weighted by molar-refractivity contribution is -0.143. The van der Waals surface area contributed by atoms with Crippen molar-refractivity contribution in [3.05, 3.63) is 29.6 Å². The number of urea groups is 1. The summed E-state index contributed by atoms with van der Waals surface area (Å²) in [5.41, 5.74) is 0.294. The number of halogens is 1. The Morgan fingerprint density at radius 3 is 2.68 bits per heavy atom. The van der Waals surface area contributed by atoms with Gasteiger partial charge in [-0.3, -0.25) is 4.79 Å². The van der Waals surface area contributed by atoms with Gasteiger partial charge in [0.05, 0.1) is 5.41 Å². The molecule has 2 rings (SSSR count). The Morgan fingerprint density at radius 2 is 2.11 bits per heavy atom. The molecule has 0 aromatic heterocycles. The van der Waals surface area contributed by atoms with Gasteiger partial charge in [0.1, 0.15) is 5.82 Å². The van der Waals surface area contributed by atoms with Crippen LogP contribution in [0.3, 0.4) is 0 Å². The van der Waals surface area contributed by atoms with Crippen LogP contribution in [0, 0.1) is 18.2 Å². The zero-order chi connectivity index (χ0) is 14.0. The fourth-order valence-electron chi connectivity index (χ4n) is 1.76. The average Bonchev–Trinajstić information content (AvgIpc) is 3.12. The zero-order valence-electron chi connectivity index (χ0n) is 10.5. The summed E-state index contributed by atoms with van der Waals surface area (Å²) in [5, 5.41) is 14.0. The molecular weight excluding hydrogens is 251 g/mol. The van der Waals surface area contributed by atoms with Crippen molar-refractivity contribution in [1.29, 1.82) is 0 Å². The van der Waals surface area contributed by atoms with Crippen LogP contribution in [-0.2, 0) is 4.79 Å². The van der Waals surface area contributed by atoms with Crippen LogP contribution in [0.25, 0.3) is 0 Å². The molecule has 0 spiro atoms. The van der Waals surface area contributed by atoms with E-state index in [9.17, 15) is 14.0 Å². The molecule has 1 aromatic rings. The molecule has 19 heavy (non-hydrogen) atoms. The molecule has 6 heteroatoms. The molecule has 5 nitrogen and oxygen atoms in total. The van der Waals surface area contributed by atoms with Gasteiger partial charge in [0, 0.05) is 12.2 Å². The number of nitrogens with one attached hydrogen (secondary N) is 2. The summed E-state index contributed by atoms with van der Waals surface area (Å²) in [5.74, 6) is -1.33. The van der Waals surface area contributed by atoms with Gasteiger partial charge in [-0.2, -0.15) is 0 Å². The molecule has 0 unspecified atom stereocenters. The zero-order valence-corrected chi connectivity index (χ0v) is 10.5. The van der Waals surface area contributed by atoms with E-state index in [1.807, 2.05) is 0 Å². The minimum absolute atomic E-state index is 0.0858. The van der Waals surface area contributed by atoms with Gasteiger partial charge in [-0.15, -0.1) is 0 Å². The van der Waals surface area contributed by atoms with Crippen molar-refractivity contribution in [2.75, 3.05) is 11.9 Å². The van der Waals surface area contributed by atoms with E-state index >= 15 is 0 Å². The summed E-state index contributed by atoms with van der Waals surface area (Å²) >= 11 is 0. The molecule has 0 saturated heterocycles. The highest BCUT2D eigenvalue weighted by Crippen LogP contribution is 2.45. The van der Waals surface area contributed by atoms with Gasteiger partial charge in [-0.25, -0.2) is 9.18 Å². The second-order valence-corrected chi connectivity index (χ2v) is 4.85. The van der Waals surface area contributed by atoms with Crippen LogP contribution in [0.4, 0.5) is 14.9 Å². The van der Waals surface area contributed by atoms with E-state index in [1.54, 1.807) is 13.0 Å². The number of hydrogen-bond donors (Lipinski definition) is 3. The maximum atomic E-state index is 13.0. The Balaban J connectivity index is 1.91. The average molecular weight is 266 g/mol. The van der Waals surface area contributed by atoms with E-state index in [0.29, 0.717) is 18.5 Å². The summed E-state index contributed by atoms with van der Waals surface area (Å²) in [6.07, 6.45) is 1.14. The molecule has 0 heterocycles. The predicted octanol–water partition coefficient (Wildman–Crippen LogP) is 2.12. The molecule has 2 amide bonds. The summed E-state index contributed by atoms with van der Waals surface area (Å²) in [7, 11) is 0. The lowest BCUT2D eigenvalue weighted by atomic mass is 10.1. The van der Waals surface area contributed by atoms with E-state index in [4.69, 9.17) is 5.11 Å². The fraction of sp³-hybridized carbons (Fsp3) is 0.385. The maximum Gasteiger partial charge on any atom is 0.319 e. The third-order valence-corrected chi connectivity index (χ3v) is 3.34. The monoisotopic (exact) mass is 266 g/mol. The number of rotatable bonds is 4. The Bertz CT molecular complexity index is 527. The molecule has 0 radical (unpaired) electrons. The second-order valence-electron chi connectivity index (χ2n) is 4.85. The molecule has 1 aliphatic carbocycles. The molecule has 102 valence electrons. The van der Waals surface area contributed by atoms with Gasteiger partial charge in [0.2, 0.25) is 0 Å². The first kappa shape index (κ1) is 13.3. The lowest BCUT2D eigenvalue weighted by Crippen LogP contribution is -2.36. The molecule has 0 bridgehead atoms. The highest BCUT2D eigenvalue weighted by Gasteiger charge is 2.50. The molecule has 1 aliphatic rings. The highest BCUT2D eigenvalue weighted by molar-refractivity contribution is 5.90. The predicted molar refractivity (Wildman–Crippen MR) is 67.5 cm³/mol. The fourth-order valence-corrected chi connectivity index (χ4v) is 1.76. The molecular formula is C13H15FN2O3. The molecule has 3 N–H and O–H groups in total. The van der Waals surface area contributed by atoms with Crippen LogP contribution in [0.5, 0.6) is 0 Å². The quantitative estimate of drug-likeness (QED) is 0.781. The standard InChI is InChI=1S/C13H15FN2O3/c1-8-2-3-9(14)6-10(8)16-12(19)15-7-13(4-5-13)11(17)18/h2-3,6H,4-5,7H2,1H3,(H,17,18)(H2,15,16,19). The first-order valence-corrected chi connectivity index (χ1v) is 5.97. The van der Waals surface area contributed by atoms with Crippen LogP contribution in [0.1, 0.15) is 18.4 Å². The van der Waals surface area contributed by atoms with E-state index in [1.165, 1.54) is 12.1 Å². The Kier molecular flexibility index (Phi) is 3.42. The van der Waals surface area contributed by atoms with Crippen molar-refractivity contribution in [2.45, 2.75) is 19.8 Å². The summed E-state index contributed by atoms with van der Waals surface area (Å²) in [6, 6.07) is 3.56. The van der Waals surface area contributed by atoms with Gasteiger partial charge in [0.25, 0.3) is 0 Å². The first-order valence-electron chi connectivity index (χ1n) is 5.97. The summed E-state index contributed by atoms with van der Waals surface area (Å²) in [4.78, 5) is 22.6. The highest BCUT2D eigenvalue weighted by atomic mass is 19.1. The van der Waals surface area contributed by atoms with Crippen LogP contribution in [0.2, 0.25) is 0 Å². The largest absolute Gasteiger partial charge is 0.481 e. The van der Waals surface area contributed by atoms with E-state index < -0.39 is 23.2 Å². The Hall–Kier alpha value is -2.11. The van der Waals surface area contributed by atoms with Gasteiger partial charge in [0.15, 0.2) is 0 Å². The van der Waals surface area contributed by atoms with Crippen LogP contribution in [-0.4, -0.2) is 23.7 Å². The van der Waals surface area contributed by atoms with Crippen LogP contribution in [0.15, 0.2) is 18.2 Å². The number of carboxylic acids is 1. The minimum Gasteiger partial charge on any atom is -0.481 e. The Labute approximate surface area is 109 Å². The minimum atomic E-state index is -0.894. The van der Waals surface area contributed by atoms with Gasteiger partial charge in [-0.05, 0) is 37.5 Å². The van der Waals surface area contributed by atoms with Crippen molar-refractivity contribution in [1.82, 2.24) is 5.32 Å². The third-order valence-electron chi connectivity index (χ3n) is 3.34. The molecule has 1 saturated carbocycles. The second kappa shape index (κ2) is 4.87. The number of amides is 2. The third kappa shape index (κ3) is 3.01. The SMILES string of the molecule is Cc1ccc(F)cc1NC(=O)NCC1(C(=O)O)CC1. The number of aryl methyl sites for hydroxylation is 1. The number of hydrogen-bond acceptors (Lipinski definition) is 2. The number of aliphatic carboxylic acids is 1. The summed E-state index contributed by atoms with van der Waals surface area (Å²) in [6.45, 7) is 1.83. The maximum absolute atomic E-state index is 13.0. The van der Waals surface area contributed by atoms with E-state index in [2.05, 4.69) is 10.6 Å². The van der Waals surface area contributed by atoms with E-state index in [-0.39, 0.29) is 6.54 Å². The summed E-state index contributed by atoms with van der Waals surface area (Å²) < 4.78 is 13.0. The van der Waals surface area contributed by atoms with Crippen molar-refractivity contribution in [3.63, 3.8) is 0 Å². The Morgan fingerprint density at radius 1 is 1.42 bits per heavy atom. The van der Waals surface area contributed by atoms with Crippen LogP contribution < -0.4 is 10.6 Å². The van der Waals surface area contributed by atoms with Crippen molar-refractivity contribution >= 4 is 17.7 Å². The smallest absolute Gasteiger partial charge is 0.319 e. The van der Waals surface area contributed by atoms with Crippen molar-refractivity contribution in [2.24, 2.45) is 5.41 Å². The molecule has 1 aromatic carbocycles. The molecule has 0 aliphatic heterocycles. The lowest BCUT2D eigenvalue weighted by Gasteiger charge is -2.13. The normalized spacial score (nSPS) is 15.7.